The van der Waals surface area contributed by atoms with Crippen molar-refractivity contribution >= 4 is 0 Å². The second-order valence-corrected chi connectivity index (χ2v) is 5.67. The lowest BCUT2D eigenvalue weighted by molar-refractivity contribution is 0.150. The van der Waals surface area contributed by atoms with Crippen LogP contribution in [0, 0.1) is 5.82 Å². The molecule has 21 heavy (non-hydrogen) atoms. The molecule has 1 aromatic carbocycles. The largest absolute Gasteiger partial charge is 0.296 e. The molecule has 0 saturated carbocycles. The Labute approximate surface area is 125 Å². The van der Waals surface area contributed by atoms with E-state index in [9.17, 15) is 4.39 Å². The van der Waals surface area contributed by atoms with Crippen LogP contribution >= 0.6 is 0 Å². The molecule has 0 N–H and O–H groups in total. The van der Waals surface area contributed by atoms with E-state index >= 15 is 0 Å². The molecule has 1 aromatic heterocycles. The molecule has 1 fully saturated rings. The molecule has 1 aliphatic heterocycles. The second kappa shape index (κ2) is 6.81. The summed E-state index contributed by atoms with van der Waals surface area (Å²) in [5.74, 6) is -0.158. The summed E-state index contributed by atoms with van der Waals surface area (Å²) in [5, 5.41) is 0. The van der Waals surface area contributed by atoms with Gasteiger partial charge in [0.1, 0.15) is 5.82 Å². The van der Waals surface area contributed by atoms with Crippen LogP contribution in [0.2, 0.25) is 0 Å². The fraction of sp³-hybridized carbons (Fsp3) is 0.389. The zero-order valence-corrected chi connectivity index (χ0v) is 12.2. The average Bonchev–Trinajstić information content (AvgIpc) is 2.55. The van der Waals surface area contributed by atoms with Gasteiger partial charge in [-0.05, 0) is 49.2 Å². The molecule has 0 bridgehead atoms. The Bertz CT molecular complexity index is 553. The standard InChI is InChI=1S/C18H21FN2/c19-16-9-7-15(8-10-16)18-6-2-4-13-21(18)14-11-17-5-1-3-12-20-17/h1,3,5,7-10,12,18H,2,4,6,11,13-14H2/t18-/m0/s1. The smallest absolute Gasteiger partial charge is 0.123 e. The number of pyridine rings is 1. The molecular weight excluding hydrogens is 263 g/mol. The fourth-order valence-corrected chi connectivity index (χ4v) is 3.13. The molecule has 3 rings (SSSR count). The summed E-state index contributed by atoms with van der Waals surface area (Å²) in [5.41, 5.74) is 2.37. The first-order chi connectivity index (χ1) is 10.3. The third kappa shape index (κ3) is 3.67. The molecule has 1 atom stereocenters. The highest BCUT2D eigenvalue weighted by molar-refractivity contribution is 5.20. The molecule has 0 aliphatic carbocycles. The molecule has 3 heteroatoms. The van der Waals surface area contributed by atoms with E-state index in [1.807, 2.05) is 30.5 Å². The molecule has 110 valence electrons. The molecule has 1 aliphatic rings. The lowest BCUT2D eigenvalue weighted by Gasteiger charge is -2.36. The summed E-state index contributed by atoms with van der Waals surface area (Å²) in [6.45, 7) is 2.13. The Morgan fingerprint density at radius 1 is 1.10 bits per heavy atom. The van der Waals surface area contributed by atoms with Gasteiger partial charge in [0, 0.05) is 30.9 Å². The van der Waals surface area contributed by atoms with E-state index in [1.54, 1.807) is 12.1 Å². The normalized spacial score (nSPS) is 19.6. The fourth-order valence-electron chi connectivity index (χ4n) is 3.13. The Morgan fingerprint density at radius 2 is 1.95 bits per heavy atom. The number of benzene rings is 1. The molecule has 0 amide bonds. The van der Waals surface area contributed by atoms with Crippen molar-refractivity contribution < 1.29 is 4.39 Å². The monoisotopic (exact) mass is 284 g/mol. The van der Waals surface area contributed by atoms with E-state index < -0.39 is 0 Å². The number of likely N-dealkylation sites (tertiary alicyclic amines) is 1. The van der Waals surface area contributed by atoms with Gasteiger partial charge in [-0.2, -0.15) is 0 Å². The summed E-state index contributed by atoms with van der Waals surface area (Å²) in [6.07, 6.45) is 6.48. The van der Waals surface area contributed by atoms with Crippen LogP contribution in [0.15, 0.2) is 48.7 Å². The topological polar surface area (TPSA) is 16.1 Å². The zero-order valence-electron chi connectivity index (χ0n) is 12.2. The maximum Gasteiger partial charge on any atom is 0.123 e. The van der Waals surface area contributed by atoms with E-state index in [0.717, 1.165) is 31.6 Å². The molecule has 0 unspecified atom stereocenters. The molecular formula is C18H21FN2. The van der Waals surface area contributed by atoms with Crippen LogP contribution in [0.3, 0.4) is 0 Å². The third-order valence-corrected chi connectivity index (χ3v) is 4.25. The summed E-state index contributed by atoms with van der Waals surface area (Å²) < 4.78 is 13.1. The molecule has 2 aromatic rings. The van der Waals surface area contributed by atoms with Gasteiger partial charge in [0.25, 0.3) is 0 Å². The molecule has 0 spiro atoms. The van der Waals surface area contributed by atoms with Gasteiger partial charge >= 0.3 is 0 Å². The van der Waals surface area contributed by atoms with E-state index in [0.29, 0.717) is 6.04 Å². The first-order valence-electron chi connectivity index (χ1n) is 7.72. The maximum atomic E-state index is 13.1. The van der Waals surface area contributed by atoms with Crippen molar-refractivity contribution in [1.29, 1.82) is 0 Å². The van der Waals surface area contributed by atoms with Gasteiger partial charge in [0.05, 0.1) is 0 Å². The Hall–Kier alpha value is -1.74. The summed E-state index contributed by atoms with van der Waals surface area (Å²) >= 11 is 0. The minimum Gasteiger partial charge on any atom is -0.296 e. The van der Waals surface area contributed by atoms with Gasteiger partial charge in [-0.15, -0.1) is 0 Å². The molecule has 2 heterocycles. The van der Waals surface area contributed by atoms with Gasteiger partial charge < -0.3 is 0 Å². The zero-order chi connectivity index (χ0) is 14.5. The predicted molar refractivity (Wildman–Crippen MR) is 82.5 cm³/mol. The van der Waals surface area contributed by atoms with Crippen molar-refractivity contribution in [1.82, 2.24) is 9.88 Å². The van der Waals surface area contributed by atoms with E-state index in [1.165, 1.54) is 18.4 Å². The number of nitrogens with zero attached hydrogens (tertiary/aromatic N) is 2. The quantitative estimate of drug-likeness (QED) is 0.844. The minimum atomic E-state index is -0.158. The van der Waals surface area contributed by atoms with Crippen molar-refractivity contribution in [2.75, 3.05) is 13.1 Å². The number of rotatable bonds is 4. The summed E-state index contributed by atoms with van der Waals surface area (Å²) in [6, 6.07) is 13.5. The number of hydrogen-bond donors (Lipinski definition) is 0. The maximum absolute atomic E-state index is 13.1. The SMILES string of the molecule is Fc1ccc([C@@H]2CCCCN2CCc2ccccn2)cc1. The second-order valence-electron chi connectivity index (χ2n) is 5.67. The van der Waals surface area contributed by atoms with E-state index in [-0.39, 0.29) is 5.82 Å². The van der Waals surface area contributed by atoms with Crippen molar-refractivity contribution in [3.8, 4) is 0 Å². The van der Waals surface area contributed by atoms with Crippen LogP contribution < -0.4 is 0 Å². The number of halogens is 1. The van der Waals surface area contributed by atoms with Gasteiger partial charge in [-0.25, -0.2) is 4.39 Å². The van der Waals surface area contributed by atoms with Crippen LogP contribution in [0.1, 0.15) is 36.6 Å². The first kappa shape index (κ1) is 14.2. The highest BCUT2D eigenvalue weighted by Crippen LogP contribution is 2.30. The van der Waals surface area contributed by atoms with Crippen LogP contribution in [0.25, 0.3) is 0 Å². The van der Waals surface area contributed by atoms with Crippen molar-refractivity contribution in [2.45, 2.75) is 31.7 Å². The minimum absolute atomic E-state index is 0.158. The molecule has 0 radical (unpaired) electrons. The molecule has 2 nitrogen and oxygen atoms in total. The lowest BCUT2D eigenvalue weighted by atomic mass is 9.95. The summed E-state index contributed by atoms with van der Waals surface area (Å²) in [4.78, 5) is 6.92. The molecule has 1 saturated heterocycles. The third-order valence-electron chi connectivity index (χ3n) is 4.25. The van der Waals surface area contributed by atoms with Crippen molar-refractivity contribution in [2.24, 2.45) is 0 Å². The predicted octanol–water partition coefficient (Wildman–Crippen LogP) is 3.99. The Kier molecular flexibility index (Phi) is 4.61. The highest BCUT2D eigenvalue weighted by Gasteiger charge is 2.23. The van der Waals surface area contributed by atoms with Crippen LogP contribution in [-0.4, -0.2) is 23.0 Å². The van der Waals surface area contributed by atoms with Crippen LogP contribution in [0.5, 0.6) is 0 Å². The van der Waals surface area contributed by atoms with Gasteiger partial charge in [-0.3, -0.25) is 9.88 Å². The van der Waals surface area contributed by atoms with E-state index in [2.05, 4.69) is 16.0 Å². The van der Waals surface area contributed by atoms with Crippen molar-refractivity contribution in [3.05, 3.63) is 65.7 Å². The average molecular weight is 284 g/mol. The number of hydrogen-bond acceptors (Lipinski definition) is 2. The number of piperidine rings is 1. The lowest BCUT2D eigenvalue weighted by Crippen LogP contribution is -2.35. The van der Waals surface area contributed by atoms with Crippen LogP contribution in [-0.2, 0) is 6.42 Å². The number of aromatic nitrogens is 1. The van der Waals surface area contributed by atoms with Crippen LogP contribution in [0.4, 0.5) is 4.39 Å². The summed E-state index contributed by atoms with van der Waals surface area (Å²) in [7, 11) is 0. The van der Waals surface area contributed by atoms with Gasteiger partial charge in [0.2, 0.25) is 0 Å². The van der Waals surface area contributed by atoms with Crippen molar-refractivity contribution in [3.63, 3.8) is 0 Å². The Balaban J connectivity index is 1.68. The van der Waals surface area contributed by atoms with E-state index in [4.69, 9.17) is 0 Å². The van der Waals surface area contributed by atoms with Gasteiger partial charge in [0.15, 0.2) is 0 Å². The Morgan fingerprint density at radius 3 is 2.71 bits per heavy atom. The highest BCUT2D eigenvalue weighted by atomic mass is 19.1. The van der Waals surface area contributed by atoms with Gasteiger partial charge in [-0.1, -0.05) is 24.6 Å². The first-order valence-corrected chi connectivity index (χ1v) is 7.72.